The summed E-state index contributed by atoms with van der Waals surface area (Å²) in [6.07, 6.45) is 2.10. The minimum atomic E-state index is -0.242. The highest BCUT2D eigenvalue weighted by Crippen LogP contribution is 2.12. The van der Waals surface area contributed by atoms with Crippen LogP contribution in [-0.4, -0.2) is 56.0 Å². The number of hydrogen-bond acceptors (Lipinski definition) is 4. The van der Waals surface area contributed by atoms with Crippen molar-refractivity contribution in [2.24, 2.45) is 0 Å². The number of unbranched alkanes of at least 4 members (excludes halogenated alkanes) is 1. The summed E-state index contributed by atoms with van der Waals surface area (Å²) >= 11 is 0. The molecule has 23 heavy (non-hydrogen) atoms. The Hall–Kier alpha value is -2.08. The minimum Gasteiger partial charge on any atom is -0.494 e. The average molecular weight is 319 g/mol. The Morgan fingerprint density at radius 2 is 1.91 bits per heavy atom. The smallest absolute Gasteiger partial charge is 0.251 e. The lowest BCUT2D eigenvalue weighted by atomic mass is 10.2. The summed E-state index contributed by atoms with van der Waals surface area (Å²) in [5, 5.41) is 5.87. The van der Waals surface area contributed by atoms with E-state index in [-0.39, 0.29) is 18.4 Å². The van der Waals surface area contributed by atoms with Crippen LogP contribution in [-0.2, 0) is 4.79 Å². The van der Waals surface area contributed by atoms with Crippen LogP contribution in [0.15, 0.2) is 24.3 Å². The van der Waals surface area contributed by atoms with Gasteiger partial charge in [-0.25, -0.2) is 0 Å². The van der Waals surface area contributed by atoms with E-state index >= 15 is 0 Å². The van der Waals surface area contributed by atoms with Crippen LogP contribution in [0.2, 0.25) is 0 Å². The van der Waals surface area contributed by atoms with Crippen molar-refractivity contribution < 1.29 is 14.3 Å². The molecule has 1 aromatic rings. The molecule has 0 unspecified atom stereocenters. The summed E-state index contributed by atoms with van der Waals surface area (Å²) in [5.74, 6) is 0.472. The maximum Gasteiger partial charge on any atom is 0.251 e. The number of amides is 2. The molecule has 2 rings (SSSR count). The van der Waals surface area contributed by atoms with E-state index in [0.717, 1.165) is 31.7 Å². The fraction of sp³-hybridized carbons (Fsp3) is 0.529. The normalized spacial score (nSPS) is 14.4. The van der Waals surface area contributed by atoms with E-state index in [1.807, 2.05) is 0 Å². The predicted octanol–water partition coefficient (Wildman–Crippen LogP) is 1.03. The lowest BCUT2D eigenvalue weighted by Gasteiger charge is -2.27. The first-order valence-corrected chi connectivity index (χ1v) is 8.20. The molecule has 1 saturated heterocycles. The molecule has 0 atom stereocenters. The van der Waals surface area contributed by atoms with Crippen LogP contribution in [0.1, 0.15) is 30.1 Å². The summed E-state index contributed by atoms with van der Waals surface area (Å²) in [6, 6.07) is 6.99. The largest absolute Gasteiger partial charge is 0.494 e. The van der Waals surface area contributed by atoms with Gasteiger partial charge in [-0.1, -0.05) is 13.3 Å². The first kappa shape index (κ1) is 17.3. The lowest BCUT2D eigenvalue weighted by molar-refractivity contribution is -0.130. The van der Waals surface area contributed by atoms with Crippen LogP contribution in [0.4, 0.5) is 0 Å². The first-order valence-electron chi connectivity index (χ1n) is 8.20. The van der Waals surface area contributed by atoms with Crippen LogP contribution in [0.5, 0.6) is 5.75 Å². The highest BCUT2D eigenvalue weighted by Gasteiger charge is 2.16. The number of carbonyl (C=O) groups is 2. The monoisotopic (exact) mass is 319 g/mol. The van der Waals surface area contributed by atoms with Crippen molar-refractivity contribution in [3.8, 4) is 5.75 Å². The molecule has 126 valence electrons. The number of hydrogen-bond donors (Lipinski definition) is 2. The number of carbonyl (C=O) groups excluding carboxylic acids is 2. The third kappa shape index (κ3) is 5.56. The molecule has 1 aliphatic rings. The quantitative estimate of drug-likeness (QED) is 0.737. The third-order valence-electron chi connectivity index (χ3n) is 3.75. The molecular weight excluding hydrogens is 294 g/mol. The Kier molecular flexibility index (Phi) is 6.87. The molecule has 6 heteroatoms. The van der Waals surface area contributed by atoms with Crippen LogP contribution >= 0.6 is 0 Å². The van der Waals surface area contributed by atoms with Crippen molar-refractivity contribution in [1.29, 1.82) is 0 Å². The van der Waals surface area contributed by atoms with Crippen molar-refractivity contribution in [2.75, 3.05) is 39.3 Å². The summed E-state index contributed by atoms with van der Waals surface area (Å²) in [5.41, 5.74) is 0.529. The fourth-order valence-corrected chi connectivity index (χ4v) is 2.32. The zero-order chi connectivity index (χ0) is 16.5. The van der Waals surface area contributed by atoms with Gasteiger partial charge in [0.15, 0.2) is 0 Å². The highest BCUT2D eigenvalue weighted by atomic mass is 16.5. The van der Waals surface area contributed by atoms with E-state index < -0.39 is 0 Å². The van der Waals surface area contributed by atoms with Crippen LogP contribution in [0.25, 0.3) is 0 Å². The van der Waals surface area contributed by atoms with E-state index in [2.05, 4.69) is 17.6 Å². The van der Waals surface area contributed by atoms with Crippen molar-refractivity contribution in [2.45, 2.75) is 19.8 Å². The molecule has 0 spiro atoms. The number of ether oxygens (including phenoxy) is 1. The van der Waals surface area contributed by atoms with Crippen molar-refractivity contribution >= 4 is 11.8 Å². The van der Waals surface area contributed by atoms with Crippen molar-refractivity contribution in [1.82, 2.24) is 15.5 Å². The second-order valence-corrected chi connectivity index (χ2v) is 5.54. The Balaban J connectivity index is 1.77. The fourth-order valence-electron chi connectivity index (χ4n) is 2.32. The van der Waals surface area contributed by atoms with E-state index in [1.54, 1.807) is 29.2 Å². The van der Waals surface area contributed by atoms with E-state index in [9.17, 15) is 9.59 Å². The molecule has 1 fully saturated rings. The molecule has 2 N–H and O–H groups in total. The van der Waals surface area contributed by atoms with Gasteiger partial charge in [-0.2, -0.15) is 0 Å². The van der Waals surface area contributed by atoms with Crippen molar-refractivity contribution in [3.63, 3.8) is 0 Å². The topological polar surface area (TPSA) is 70.7 Å². The van der Waals surface area contributed by atoms with Gasteiger partial charge in [-0.05, 0) is 30.7 Å². The molecule has 1 aliphatic heterocycles. The number of rotatable bonds is 7. The second kappa shape index (κ2) is 9.15. The van der Waals surface area contributed by atoms with Crippen LogP contribution in [0, 0.1) is 0 Å². The van der Waals surface area contributed by atoms with Gasteiger partial charge in [0, 0.05) is 31.7 Å². The first-order chi connectivity index (χ1) is 11.2. The molecule has 0 saturated carbocycles. The molecule has 1 aromatic carbocycles. The van der Waals surface area contributed by atoms with E-state index in [1.165, 1.54) is 0 Å². The van der Waals surface area contributed by atoms with Gasteiger partial charge >= 0.3 is 0 Å². The molecule has 0 bridgehead atoms. The molecular formula is C17H25N3O3. The lowest BCUT2D eigenvalue weighted by Crippen LogP contribution is -2.49. The summed E-state index contributed by atoms with van der Waals surface area (Å²) in [4.78, 5) is 25.8. The summed E-state index contributed by atoms with van der Waals surface area (Å²) < 4.78 is 5.56. The number of benzene rings is 1. The van der Waals surface area contributed by atoms with Gasteiger partial charge < -0.3 is 20.3 Å². The van der Waals surface area contributed by atoms with Gasteiger partial charge in [0.2, 0.25) is 5.91 Å². The molecule has 0 aliphatic carbocycles. The van der Waals surface area contributed by atoms with E-state index in [4.69, 9.17) is 4.74 Å². The van der Waals surface area contributed by atoms with Gasteiger partial charge in [-0.15, -0.1) is 0 Å². The van der Waals surface area contributed by atoms with Gasteiger partial charge in [0.05, 0.1) is 13.2 Å². The third-order valence-corrected chi connectivity index (χ3v) is 3.75. The molecule has 0 aromatic heterocycles. The minimum absolute atomic E-state index is 0.0353. The second-order valence-electron chi connectivity index (χ2n) is 5.54. The maximum absolute atomic E-state index is 12.1. The van der Waals surface area contributed by atoms with Gasteiger partial charge in [0.1, 0.15) is 5.75 Å². The van der Waals surface area contributed by atoms with Crippen LogP contribution in [0.3, 0.4) is 0 Å². The zero-order valence-electron chi connectivity index (χ0n) is 13.6. The van der Waals surface area contributed by atoms with Gasteiger partial charge in [0.25, 0.3) is 5.91 Å². The van der Waals surface area contributed by atoms with Crippen molar-refractivity contribution in [3.05, 3.63) is 29.8 Å². The molecule has 0 radical (unpaired) electrons. The van der Waals surface area contributed by atoms with Gasteiger partial charge in [-0.3, -0.25) is 9.59 Å². The Morgan fingerprint density at radius 3 is 2.57 bits per heavy atom. The Bertz CT molecular complexity index is 510. The maximum atomic E-state index is 12.1. The standard InChI is InChI=1S/C17H25N3O3/c1-2-3-12-23-15-6-4-14(5-7-15)17(22)19-13-16(21)20-10-8-18-9-11-20/h4-7,18H,2-3,8-13H2,1H3,(H,19,22). The number of nitrogens with zero attached hydrogens (tertiary/aromatic N) is 1. The molecule has 2 amide bonds. The summed E-state index contributed by atoms with van der Waals surface area (Å²) in [7, 11) is 0. The molecule has 1 heterocycles. The van der Waals surface area contributed by atoms with Crippen LogP contribution < -0.4 is 15.4 Å². The average Bonchev–Trinajstić information content (AvgIpc) is 2.61. The molecule has 6 nitrogen and oxygen atoms in total. The Morgan fingerprint density at radius 1 is 1.22 bits per heavy atom. The predicted molar refractivity (Wildman–Crippen MR) is 88.6 cm³/mol. The zero-order valence-corrected chi connectivity index (χ0v) is 13.6. The SMILES string of the molecule is CCCCOc1ccc(C(=O)NCC(=O)N2CCNCC2)cc1. The highest BCUT2D eigenvalue weighted by molar-refractivity contribution is 5.96. The van der Waals surface area contributed by atoms with E-state index in [0.29, 0.717) is 25.3 Å². The number of nitrogens with one attached hydrogen (secondary N) is 2. The summed E-state index contributed by atoms with van der Waals surface area (Å²) in [6.45, 7) is 5.82. The Labute approximate surface area is 137 Å². The number of piperazine rings is 1.